The summed E-state index contributed by atoms with van der Waals surface area (Å²) in [6.45, 7) is 0. The molecular formula is C19H12ClN5. The highest BCUT2D eigenvalue weighted by Crippen LogP contribution is 2.28. The zero-order chi connectivity index (χ0) is 17.8. The summed E-state index contributed by atoms with van der Waals surface area (Å²) in [5, 5.41) is 23.9. The van der Waals surface area contributed by atoms with Gasteiger partial charge in [0.25, 0.3) is 0 Å². The third-order valence-electron chi connectivity index (χ3n) is 3.61. The lowest BCUT2D eigenvalue weighted by molar-refractivity contribution is 0.885. The van der Waals surface area contributed by atoms with Crippen LogP contribution < -0.4 is 5.73 Å². The second-order valence-electron chi connectivity index (χ2n) is 5.16. The second-order valence-corrected chi connectivity index (χ2v) is 5.57. The van der Waals surface area contributed by atoms with Gasteiger partial charge in [0.1, 0.15) is 29.2 Å². The number of benzene rings is 2. The van der Waals surface area contributed by atoms with E-state index in [4.69, 9.17) is 17.3 Å². The Hall–Kier alpha value is -3.54. The van der Waals surface area contributed by atoms with Crippen LogP contribution in [0.5, 0.6) is 0 Å². The third-order valence-corrected chi connectivity index (χ3v) is 3.96. The summed E-state index contributed by atoms with van der Waals surface area (Å²) in [5.41, 5.74) is 8.05. The number of aromatic nitrogens is 2. The summed E-state index contributed by atoms with van der Waals surface area (Å²) in [6.07, 6.45) is 1.60. The molecule has 0 saturated heterocycles. The molecule has 0 saturated carbocycles. The topological polar surface area (TPSA) is 91.4 Å². The Morgan fingerprint density at radius 3 is 2.40 bits per heavy atom. The Labute approximate surface area is 149 Å². The number of rotatable bonds is 3. The minimum atomic E-state index is 0.156. The molecule has 0 spiro atoms. The minimum Gasteiger partial charge on any atom is -0.382 e. The fourth-order valence-corrected chi connectivity index (χ4v) is 2.59. The molecular weight excluding hydrogens is 334 g/mol. The van der Waals surface area contributed by atoms with E-state index in [1.165, 1.54) is 4.68 Å². The molecule has 3 rings (SSSR count). The number of nitrogens with zero attached hydrogens (tertiary/aromatic N) is 4. The van der Waals surface area contributed by atoms with Crippen LogP contribution in [-0.2, 0) is 0 Å². The largest absolute Gasteiger partial charge is 0.382 e. The number of allylic oxidation sites excluding steroid dienone is 1. The quantitative estimate of drug-likeness (QED) is 0.725. The fraction of sp³-hybridized carbons (Fsp3) is 0. The third kappa shape index (κ3) is 3.10. The van der Waals surface area contributed by atoms with Crippen molar-refractivity contribution in [3.63, 3.8) is 0 Å². The highest BCUT2D eigenvalue weighted by Gasteiger charge is 2.20. The lowest BCUT2D eigenvalue weighted by Crippen LogP contribution is -2.02. The Morgan fingerprint density at radius 2 is 1.76 bits per heavy atom. The van der Waals surface area contributed by atoms with Gasteiger partial charge in [0.15, 0.2) is 0 Å². The summed E-state index contributed by atoms with van der Waals surface area (Å²) in [7, 11) is 0. The van der Waals surface area contributed by atoms with E-state index in [0.29, 0.717) is 16.3 Å². The maximum absolute atomic E-state index is 9.56. The molecule has 1 heterocycles. The van der Waals surface area contributed by atoms with Crippen molar-refractivity contribution in [2.24, 2.45) is 0 Å². The number of anilines is 1. The molecule has 5 nitrogen and oxygen atoms in total. The highest BCUT2D eigenvalue weighted by atomic mass is 35.5. The van der Waals surface area contributed by atoms with Gasteiger partial charge in [0, 0.05) is 5.02 Å². The fourth-order valence-electron chi connectivity index (χ4n) is 2.40. The summed E-state index contributed by atoms with van der Waals surface area (Å²) < 4.78 is 1.45. The standard InChI is InChI=1S/C19H12ClN5/c20-17-9-5-4-6-13(17)10-14(11-21)18-16(12-22)19(23)25(24-18)15-7-2-1-3-8-15/h1-10H,23H2/b14-10-. The molecule has 0 atom stereocenters. The Kier molecular flexibility index (Phi) is 4.52. The number of halogens is 1. The van der Waals surface area contributed by atoms with Gasteiger partial charge in [-0.25, -0.2) is 4.68 Å². The van der Waals surface area contributed by atoms with E-state index in [-0.39, 0.29) is 22.6 Å². The van der Waals surface area contributed by atoms with Gasteiger partial charge in [-0.15, -0.1) is 0 Å². The number of nitrogens with two attached hydrogens (primary N) is 1. The van der Waals surface area contributed by atoms with Crippen LogP contribution in [0.4, 0.5) is 5.82 Å². The molecule has 0 unspecified atom stereocenters. The number of nitriles is 2. The predicted octanol–water partition coefficient (Wildman–Crippen LogP) is 4.04. The Bertz CT molecular complexity index is 1040. The molecule has 0 radical (unpaired) electrons. The smallest absolute Gasteiger partial charge is 0.145 e. The van der Waals surface area contributed by atoms with Gasteiger partial charge in [-0.1, -0.05) is 48.0 Å². The molecule has 120 valence electrons. The van der Waals surface area contributed by atoms with Crippen LogP contribution in [0.3, 0.4) is 0 Å². The van der Waals surface area contributed by atoms with E-state index < -0.39 is 0 Å². The lowest BCUT2D eigenvalue weighted by atomic mass is 10.1. The van der Waals surface area contributed by atoms with Crippen molar-refractivity contribution in [2.75, 3.05) is 5.73 Å². The lowest BCUT2D eigenvalue weighted by Gasteiger charge is -2.02. The first-order valence-corrected chi connectivity index (χ1v) is 7.74. The van der Waals surface area contributed by atoms with Gasteiger partial charge < -0.3 is 5.73 Å². The normalized spacial score (nSPS) is 10.9. The number of nitrogen functional groups attached to an aromatic ring is 1. The average molecular weight is 346 g/mol. The molecule has 2 N–H and O–H groups in total. The zero-order valence-corrected chi connectivity index (χ0v) is 13.8. The number of hydrogen-bond donors (Lipinski definition) is 1. The van der Waals surface area contributed by atoms with Gasteiger partial charge >= 0.3 is 0 Å². The molecule has 0 amide bonds. The summed E-state index contributed by atoms with van der Waals surface area (Å²) in [4.78, 5) is 0. The summed E-state index contributed by atoms with van der Waals surface area (Å²) in [5.74, 6) is 0.184. The van der Waals surface area contributed by atoms with Crippen LogP contribution in [0.1, 0.15) is 16.8 Å². The van der Waals surface area contributed by atoms with Crippen LogP contribution in [0.2, 0.25) is 5.02 Å². The van der Waals surface area contributed by atoms with Gasteiger partial charge in [-0.3, -0.25) is 0 Å². The van der Waals surface area contributed by atoms with Crippen LogP contribution in [-0.4, -0.2) is 9.78 Å². The van der Waals surface area contributed by atoms with E-state index in [1.54, 1.807) is 24.3 Å². The first kappa shape index (κ1) is 16.3. The molecule has 3 aromatic rings. The van der Waals surface area contributed by atoms with E-state index in [1.807, 2.05) is 42.5 Å². The van der Waals surface area contributed by atoms with Gasteiger partial charge in [0.05, 0.1) is 11.3 Å². The molecule has 2 aromatic carbocycles. The van der Waals surface area contributed by atoms with Crippen molar-refractivity contribution in [3.8, 4) is 17.8 Å². The van der Waals surface area contributed by atoms with Crippen molar-refractivity contribution in [3.05, 3.63) is 76.4 Å². The monoisotopic (exact) mass is 345 g/mol. The minimum absolute atomic E-state index is 0.156. The van der Waals surface area contributed by atoms with E-state index in [0.717, 1.165) is 0 Å². The maximum atomic E-state index is 9.56. The first-order chi connectivity index (χ1) is 12.2. The van der Waals surface area contributed by atoms with Crippen LogP contribution in [0, 0.1) is 22.7 Å². The molecule has 25 heavy (non-hydrogen) atoms. The molecule has 0 bridgehead atoms. The molecule has 6 heteroatoms. The SMILES string of the molecule is N#C/C(=C/c1ccccc1Cl)c1nn(-c2ccccc2)c(N)c1C#N. The van der Waals surface area contributed by atoms with Crippen molar-refractivity contribution in [1.29, 1.82) is 10.5 Å². The van der Waals surface area contributed by atoms with Crippen molar-refractivity contribution < 1.29 is 0 Å². The van der Waals surface area contributed by atoms with Crippen molar-refractivity contribution >= 4 is 29.1 Å². The summed E-state index contributed by atoms with van der Waals surface area (Å²) >= 11 is 6.15. The van der Waals surface area contributed by atoms with Gasteiger partial charge in [-0.05, 0) is 29.8 Å². The number of hydrogen-bond acceptors (Lipinski definition) is 4. The van der Waals surface area contributed by atoms with E-state index >= 15 is 0 Å². The van der Waals surface area contributed by atoms with Gasteiger partial charge in [-0.2, -0.15) is 15.6 Å². The van der Waals surface area contributed by atoms with E-state index in [2.05, 4.69) is 11.2 Å². The zero-order valence-electron chi connectivity index (χ0n) is 13.0. The molecule has 0 aliphatic heterocycles. The van der Waals surface area contributed by atoms with Crippen molar-refractivity contribution in [1.82, 2.24) is 9.78 Å². The van der Waals surface area contributed by atoms with Crippen LogP contribution >= 0.6 is 11.6 Å². The number of para-hydroxylation sites is 1. The molecule has 0 aliphatic carbocycles. The van der Waals surface area contributed by atoms with Gasteiger partial charge in [0.2, 0.25) is 0 Å². The predicted molar refractivity (Wildman–Crippen MR) is 97.6 cm³/mol. The van der Waals surface area contributed by atoms with Crippen LogP contribution in [0.25, 0.3) is 17.3 Å². The van der Waals surface area contributed by atoms with Crippen molar-refractivity contribution in [2.45, 2.75) is 0 Å². The van der Waals surface area contributed by atoms with Crippen LogP contribution in [0.15, 0.2) is 54.6 Å². The molecule has 1 aromatic heterocycles. The maximum Gasteiger partial charge on any atom is 0.145 e. The average Bonchev–Trinajstić information content (AvgIpc) is 2.98. The Morgan fingerprint density at radius 1 is 1.08 bits per heavy atom. The summed E-state index contributed by atoms with van der Waals surface area (Å²) in [6, 6.07) is 20.4. The van der Waals surface area contributed by atoms with E-state index in [9.17, 15) is 10.5 Å². The second kappa shape index (κ2) is 6.92. The Balaban J connectivity index is 2.18. The molecule has 0 aliphatic rings. The first-order valence-electron chi connectivity index (χ1n) is 7.36. The molecule has 0 fully saturated rings. The highest BCUT2D eigenvalue weighted by molar-refractivity contribution is 6.32.